The molecular formula is C27H38Cl2N2O5. The van der Waals surface area contributed by atoms with E-state index in [4.69, 9.17) is 18.9 Å². The van der Waals surface area contributed by atoms with Gasteiger partial charge in [0.05, 0.1) is 34.9 Å². The van der Waals surface area contributed by atoms with Crippen molar-refractivity contribution in [2.45, 2.75) is 31.6 Å². The van der Waals surface area contributed by atoms with Gasteiger partial charge in [0.15, 0.2) is 23.0 Å². The van der Waals surface area contributed by atoms with Crippen molar-refractivity contribution in [2.24, 2.45) is 0 Å². The fraction of sp³-hybridized carbons (Fsp3) is 0.519. The molecular weight excluding hydrogens is 503 g/mol. The Morgan fingerprint density at radius 2 is 1.42 bits per heavy atom. The van der Waals surface area contributed by atoms with Crippen molar-refractivity contribution in [2.75, 3.05) is 61.7 Å². The first-order valence-electron chi connectivity index (χ1n) is 11.9. The van der Waals surface area contributed by atoms with Crippen LogP contribution in [-0.2, 0) is 24.1 Å². The summed E-state index contributed by atoms with van der Waals surface area (Å²) in [6.07, 6.45) is 3.27. The number of nitrogens with zero attached hydrogens (tertiary/aromatic N) is 2. The maximum Gasteiger partial charge on any atom is 0.227 e. The number of carbonyl (C=O) groups is 1. The minimum atomic E-state index is 0. The van der Waals surface area contributed by atoms with Crippen molar-refractivity contribution in [3.63, 3.8) is 0 Å². The molecule has 200 valence electrons. The van der Waals surface area contributed by atoms with Crippen LogP contribution in [0, 0.1) is 0 Å². The molecule has 4 rings (SSSR count). The fourth-order valence-electron chi connectivity index (χ4n) is 5.15. The van der Waals surface area contributed by atoms with E-state index in [-0.39, 0.29) is 30.7 Å². The molecule has 0 unspecified atom stereocenters. The van der Waals surface area contributed by atoms with Gasteiger partial charge in [-0.1, -0.05) is 0 Å². The van der Waals surface area contributed by atoms with Gasteiger partial charge in [-0.05, 0) is 79.4 Å². The van der Waals surface area contributed by atoms with Gasteiger partial charge in [-0.25, -0.2) is 0 Å². The lowest BCUT2D eigenvalue weighted by Gasteiger charge is -2.34. The first-order valence-corrected chi connectivity index (χ1v) is 11.9. The summed E-state index contributed by atoms with van der Waals surface area (Å²) in [5.41, 5.74) is 4.91. The van der Waals surface area contributed by atoms with Gasteiger partial charge >= 0.3 is 0 Å². The number of fused-ring (bicyclic) bond motifs is 2. The summed E-state index contributed by atoms with van der Waals surface area (Å²) in [4.78, 5) is 17.3. The second-order valence-corrected chi connectivity index (χ2v) is 9.21. The molecule has 36 heavy (non-hydrogen) atoms. The van der Waals surface area contributed by atoms with Crippen molar-refractivity contribution in [1.29, 1.82) is 0 Å². The number of amides is 1. The lowest BCUT2D eigenvalue weighted by atomic mass is 9.77. The largest absolute Gasteiger partial charge is 0.493 e. The fourth-order valence-corrected chi connectivity index (χ4v) is 5.15. The third kappa shape index (κ3) is 6.31. The molecule has 7 nitrogen and oxygen atoms in total. The predicted octanol–water partition coefficient (Wildman–Crippen LogP) is 4.15. The molecule has 2 aromatic rings. The van der Waals surface area contributed by atoms with Gasteiger partial charge < -0.3 is 28.7 Å². The zero-order valence-electron chi connectivity index (χ0n) is 21.8. The Labute approximate surface area is 226 Å². The Morgan fingerprint density at radius 3 is 2.03 bits per heavy atom. The van der Waals surface area contributed by atoms with Crippen LogP contribution in [0.3, 0.4) is 0 Å². The lowest BCUT2D eigenvalue weighted by molar-refractivity contribution is -0.130. The van der Waals surface area contributed by atoms with E-state index in [9.17, 15) is 4.79 Å². The molecule has 0 saturated carbocycles. The zero-order valence-corrected chi connectivity index (χ0v) is 23.4. The summed E-state index contributed by atoms with van der Waals surface area (Å²) in [5, 5.41) is 0. The first kappa shape index (κ1) is 29.9. The number of halogens is 2. The topological polar surface area (TPSA) is 60.5 Å². The smallest absolute Gasteiger partial charge is 0.227 e. The van der Waals surface area contributed by atoms with E-state index in [1.54, 1.807) is 28.4 Å². The van der Waals surface area contributed by atoms with Crippen molar-refractivity contribution in [3.05, 3.63) is 46.5 Å². The van der Waals surface area contributed by atoms with Crippen molar-refractivity contribution in [1.82, 2.24) is 9.80 Å². The maximum absolute atomic E-state index is 12.9. The molecule has 1 heterocycles. The van der Waals surface area contributed by atoms with Gasteiger partial charge in [-0.2, -0.15) is 0 Å². The van der Waals surface area contributed by atoms with Gasteiger partial charge in [0.2, 0.25) is 5.91 Å². The Bertz CT molecular complexity index is 1050. The van der Waals surface area contributed by atoms with Gasteiger partial charge in [0.25, 0.3) is 0 Å². The van der Waals surface area contributed by atoms with Gasteiger partial charge in [0, 0.05) is 25.6 Å². The Morgan fingerprint density at radius 1 is 0.861 bits per heavy atom. The van der Waals surface area contributed by atoms with Gasteiger partial charge in [-0.3, -0.25) is 4.79 Å². The highest BCUT2D eigenvalue weighted by Gasteiger charge is 2.29. The first-order chi connectivity index (χ1) is 16.5. The minimum Gasteiger partial charge on any atom is -0.493 e. The molecule has 0 fully saturated rings. The summed E-state index contributed by atoms with van der Waals surface area (Å²) >= 11 is 0. The van der Waals surface area contributed by atoms with E-state index in [1.165, 1.54) is 16.7 Å². The Kier molecular flexibility index (Phi) is 11.0. The summed E-state index contributed by atoms with van der Waals surface area (Å²) in [5.74, 6) is 3.69. The number of hydrogen-bond donors (Lipinski definition) is 0. The van der Waals surface area contributed by atoms with Crippen molar-refractivity contribution in [3.8, 4) is 23.0 Å². The Balaban J connectivity index is 0.00000228. The van der Waals surface area contributed by atoms with Crippen LogP contribution in [0.25, 0.3) is 0 Å². The van der Waals surface area contributed by atoms with Gasteiger partial charge in [-0.15, -0.1) is 24.8 Å². The number of benzene rings is 2. The zero-order chi connectivity index (χ0) is 24.2. The van der Waals surface area contributed by atoms with E-state index in [0.29, 0.717) is 18.1 Å². The summed E-state index contributed by atoms with van der Waals surface area (Å²) in [7, 11) is 8.79. The third-order valence-corrected chi connectivity index (χ3v) is 7.10. The summed E-state index contributed by atoms with van der Waals surface area (Å²) in [6, 6.07) is 8.18. The molecule has 0 radical (unpaired) electrons. The Hall–Kier alpha value is -2.35. The van der Waals surface area contributed by atoms with Crippen LogP contribution < -0.4 is 18.9 Å². The molecule has 0 spiro atoms. The van der Waals surface area contributed by atoms with Crippen LogP contribution in [0.2, 0.25) is 0 Å². The average molecular weight is 542 g/mol. The van der Waals surface area contributed by atoms with Crippen LogP contribution >= 0.6 is 24.8 Å². The highest BCUT2D eigenvalue weighted by atomic mass is 35.5. The van der Waals surface area contributed by atoms with Crippen LogP contribution in [-0.4, -0.2) is 77.4 Å². The van der Waals surface area contributed by atoms with E-state index < -0.39 is 0 Å². The lowest BCUT2D eigenvalue weighted by Crippen LogP contribution is -2.36. The number of hydrogen-bond acceptors (Lipinski definition) is 6. The molecule has 0 saturated heterocycles. The van der Waals surface area contributed by atoms with Crippen molar-refractivity contribution < 1.29 is 23.7 Å². The SMILES string of the molecule is COc1cc2c(cc1OC)CC(=O)N(CCCN(C)C[C@H]1Cc3cc(OC)c(OC)cc31)CC2.Cl.Cl. The normalized spacial score (nSPS) is 16.0. The molecule has 1 atom stereocenters. The molecule has 1 aliphatic heterocycles. The highest BCUT2D eigenvalue weighted by Crippen LogP contribution is 2.42. The molecule has 2 aliphatic rings. The summed E-state index contributed by atoms with van der Waals surface area (Å²) in [6.45, 7) is 3.47. The van der Waals surface area contributed by atoms with Crippen LogP contribution in [0.4, 0.5) is 0 Å². The van der Waals surface area contributed by atoms with Crippen molar-refractivity contribution >= 4 is 30.7 Å². The maximum atomic E-state index is 12.9. The van der Waals surface area contributed by atoms with Gasteiger partial charge in [0.1, 0.15) is 0 Å². The molecule has 1 aliphatic carbocycles. The number of ether oxygens (including phenoxy) is 4. The van der Waals surface area contributed by atoms with E-state index in [1.807, 2.05) is 17.0 Å². The van der Waals surface area contributed by atoms with Crippen LogP contribution in [0.15, 0.2) is 24.3 Å². The third-order valence-electron chi connectivity index (χ3n) is 7.10. The van der Waals surface area contributed by atoms with E-state index in [2.05, 4.69) is 24.1 Å². The van der Waals surface area contributed by atoms with E-state index in [0.717, 1.165) is 68.3 Å². The quantitative estimate of drug-likeness (QED) is 0.451. The highest BCUT2D eigenvalue weighted by molar-refractivity contribution is 5.85. The molecule has 2 aromatic carbocycles. The number of rotatable bonds is 10. The van der Waals surface area contributed by atoms with Crippen LogP contribution in [0.1, 0.15) is 34.6 Å². The monoisotopic (exact) mass is 540 g/mol. The molecule has 0 aromatic heterocycles. The second-order valence-electron chi connectivity index (χ2n) is 9.21. The summed E-state index contributed by atoms with van der Waals surface area (Å²) < 4.78 is 21.7. The number of likely N-dealkylation sites (N-methyl/N-ethyl adjacent to an activating group) is 1. The molecule has 0 bridgehead atoms. The number of carbonyl (C=O) groups excluding carboxylic acids is 1. The predicted molar refractivity (Wildman–Crippen MR) is 146 cm³/mol. The number of methoxy groups -OCH3 is 4. The molecule has 0 N–H and O–H groups in total. The van der Waals surface area contributed by atoms with E-state index >= 15 is 0 Å². The molecule has 1 amide bonds. The van der Waals surface area contributed by atoms with Crippen LogP contribution in [0.5, 0.6) is 23.0 Å². The minimum absolute atomic E-state index is 0. The molecule has 9 heteroatoms. The standard InChI is InChI=1S/C27H36N2O5.2ClH/c1-28(17-21-11-20-14-25(33-4)26(34-5)16-22(20)21)8-6-9-29-10-7-18-12-23(31-2)24(32-3)13-19(18)15-27(29)30;;/h12-14,16,21H,6-11,15,17H2,1-5H3;2*1H/t21-;;/m1../s1. The average Bonchev–Trinajstić information content (AvgIpc) is 2.98. The second kappa shape index (κ2) is 13.3.